The van der Waals surface area contributed by atoms with Crippen LogP contribution in [0.2, 0.25) is 0 Å². The second kappa shape index (κ2) is 5.08. The number of benzene rings is 2. The lowest BCUT2D eigenvalue weighted by Crippen LogP contribution is -2.41. The summed E-state index contributed by atoms with van der Waals surface area (Å²) in [6.07, 6.45) is 0. The van der Waals surface area contributed by atoms with Crippen LogP contribution < -0.4 is 15.5 Å². The number of para-hydroxylation sites is 1. The summed E-state index contributed by atoms with van der Waals surface area (Å²) in [5.74, 6) is 0.650. The molecule has 2 N–H and O–H groups in total. The van der Waals surface area contributed by atoms with Crippen molar-refractivity contribution < 1.29 is 0 Å². The number of rotatable bonds is 3. The summed E-state index contributed by atoms with van der Waals surface area (Å²) in [7, 11) is 1.92. The average Bonchev–Trinajstić information content (AvgIpc) is 3.03. The van der Waals surface area contributed by atoms with Crippen LogP contribution in [-0.4, -0.2) is 19.7 Å². The second-order valence-electron chi connectivity index (χ2n) is 5.77. The minimum Gasteiger partial charge on any atom is -0.388 e. The minimum absolute atomic E-state index is 0.514. The van der Waals surface area contributed by atoms with Crippen molar-refractivity contribution in [3.63, 3.8) is 0 Å². The molecule has 116 valence electrons. The molecule has 0 spiro atoms. The summed E-state index contributed by atoms with van der Waals surface area (Å²) in [4.78, 5) is 6.85. The predicted octanol–water partition coefficient (Wildman–Crippen LogP) is 3.61. The van der Waals surface area contributed by atoms with Gasteiger partial charge in [0.2, 0.25) is 5.96 Å². The maximum Gasteiger partial charge on any atom is 0.249 e. The number of guanidine groups is 1. The molecule has 0 aromatic heterocycles. The van der Waals surface area contributed by atoms with Crippen LogP contribution in [0, 0.1) is 0 Å². The van der Waals surface area contributed by atoms with E-state index >= 15 is 0 Å². The van der Waals surface area contributed by atoms with Gasteiger partial charge in [-0.05, 0) is 31.2 Å². The summed E-state index contributed by atoms with van der Waals surface area (Å²) >= 11 is 0. The predicted molar refractivity (Wildman–Crippen MR) is 93.0 cm³/mol. The normalized spacial score (nSPS) is 21.5. The van der Waals surface area contributed by atoms with Crippen LogP contribution in [0.15, 0.2) is 63.8 Å². The van der Waals surface area contributed by atoms with Gasteiger partial charge in [0.1, 0.15) is 6.67 Å². The Morgan fingerprint density at radius 2 is 1.91 bits per heavy atom. The molecule has 0 saturated carbocycles. The molecule has 2 aliphatic heterocycles. The molecular weight excluding hydrogens is 288 g/mol. The SMILES string of the molecule is CNc1ccc2c(c1)N1CN=NC1=NC2(C)Nc1ccccc1. The fourth-order valence-corrected chi connectivity index (χ4v) is 3.02. The monoisotopic (exact) mass is 306 g/mol. The van der Waals surface area contributed by atoms with E-state index in [1.54, 1.807) is 0 Å². The van der Waals surface area contributed by atoms with E-state index < -0.39 is 5.66 Å². The van der Waals surface area contributed by atoms with Gasteiger partial charge in [0.05, 0.1) is 5.69 Å². The molecule has 2 heterocycles. The van der Waals surface area contributed by atoms with Gasteiger partial charge in [-0.3, -0.25) is 4.90 Å². The molecule has 1 atom stereocenters. The van der Waals surface area contributed by atoms with E-state index in [1.807, 2.05) is 42.3 Å². The highest BCUT2D eigenvalue weighted by molar-refractivity contribution is 6.01. The van der Waals surface area contributed by atoms with E-state index in [0.717, 1.165) is 22.6 Å². The van der Waals surface area contributed by atoms with Crippen molar-refractivity contribution in [3.8, 4) is 0 Å². The molecular formula is C17H18N6. The number of fused-ring (bicyclic) bond motifs is 3. The van der Waals surface area contributed by atoms with Gasteiger partial charge in [-0.1, -0.05) is 24.3 Å². The van der Waals surface area contributed by atoms with E-state index in [1.165, 1.54) is 0 Å². The smallest absolute Gasteiger partial charge is 0.249 e. The van der Waals surface area contributed by atoms with Crippen molar-refractivity contribution in [1.29, 1.82) is 0 Å². The van der Waals surface area contributed by atoms with E-state index in [-0.39, 0.29) is 0 Å². The van der Waals surface area contributed by atoms with Gasteiger partial charge in [0.25, 0.3) is 0 Å². The first kappa shape index (κ1) is 13.8. The molecule has 0 fully saturated rings. The van der Waals surface area contributed by atoms with Crippen LogP contribution in [0.4, 0.5) is 17.1 Å². The standard InChI is InChI=1S/C17H18N6/c1-17(20-12-6-4-3-5-7-12)14-9-8-13(18-2)10-15(14)23-11-19-22-16(23)21-17/h3-10,18,20H,11H2,1-2H3. The van der Waals surface area contributed by atoms with Gasteiger partial charge in [-0.15, -0.1) is 5.11 Å². The van der Waals surface area contributed by atoms with Crippen molar-refractivity contribution in [2.75, 3.05) is 29.2 Å². The highest BCUT2D eigenvalue weighted by Crippen LogP contribution is 2.41. The third kappa shape index (κ3) is 2.23. The number of azo groups is 1. The number of hydrogen-bond acceptors (Lipinski definition) is 6. The number of anilines is 3. The third-order valence-corrected chi connectivity index (χ3v) is 4.19. The molecule has 6 heteroatoms. The van der Waals surface area contributed by atoms with Crippen LogP contribution in [-0.2, 0) is 5.66 Å². The van der Waals surface area contributed by atoms with Crippen molar-refractivity contribution in [1.82, 2.24) is 0 Å². The van der Waals surface area contributed by atoms with Crippen LogP contribution in [0.5, 0.6) is 0 Å². The molecule has 0 saturated heterocycles. The Kier molecular flexibility index (Phi) is 3.04. The van der Waals surface area contributed by atoms with Crippen molar-refractivity contribution >= 4 is 23.0 Å². The van der Waals surface area contributed by atoms with Crippen molar-refractivity contribution in [2.24, 2.45) is 15.2 Å². The summed E-state index contributed by atoms with van der Waals surface area (Å²) < 4.78 is 0. The Labute approximate surface area is 135 Å². The quantitative estimate of drug-likeness (QED) is 0.910. The number of nitrogens with zero attached hydrogens (tertiary/aromatic N) is 4. The lowest BCUT2D eigenvalue weighted by atomic mass is 9.96. The van der Waals surface area contributed by atoms with Crippen LogP contribution in [0.1, 0.15) is 12.5 Å². The highest BCUT2D eigenvalue weighted by Gasteiger charge is 2.38. The first-order valence-electron chi connectivity index (χ1n) is 7.60. The molecule has 6 nitrogen and oxygen atoms in total. The molecule has 2 aromatic carbocycles. The van der Waals surface area contributed by atoms with E-state index in [0.29, 0.717) is 12.6 Å². The topological polar surface area (TPSA) is 64.4 Å². The zero-order valence-electron chi connectivity index (χ0n) is 13.1. The Bertz CT molecular complexity index is 798. The lowest BCUT2D eigenvalue weighted by Gasteiger charge is -2.37. The maximum absolute atomic E-state index is 4.82. The second-order valence-corrected chi connectivity index (χ2v) is 5.77. The van der Waals surface area contributed by atoms with Gasteiger partial charge in [-0.25, -0.2) is 4.99 Å². The molecule has 0 bridgehead atoms. The van der Waals surface area contributed by atoms with Gasteiger partial charge in [-0.2, -0.15) is 5.11 Å². The molecule has 0 radical (unpaired) electrons. The molecule has 23 heavy (non-hydrogen) atoms. The number of hydrogen-bond donors (Lipinski definition) is 2. The molecule has 4 rings (SSSR count). The molecule has 1 unspecified atom stereocenters. The average molecular weight is 306 g/mol. The first-order valence-corrected chi connectivity index (χ1v) is 7.60. The highest BCUT2D eigenvalue weighted by atomic mass is 15.5. The van der Waals surface area contributed by atoms with E-state index in [4.69, 9.17) is 4.99 Å². The maximum atomic E-state index is 4.82. The molecule has 2 aromatic rings. The Hall–Kier alpha value is -2.89. The van der Waals surface area contributed by atoms with E-state index in [9.17, 15) is 0 Å². The van der Waals surface area contributed by atoms with Crippen LogP contribution in [0.3, 0.4) is 0 Å². The Morgan fingerprint density at radius 1 is 1.09 bits per heavy atom. The summed E-state index contributed by atoms with van der Waals surface area (Å²) in [5, 5.41) is 15.0. The van der Waals surface area contributed by atoms with Crippen molar-refractivity contribution in [2.45, 2.75) is 12.6 Å². The zero-order valence-corrected chi connectivity index (χ0v) is 13.1. The van der Waals surface area contributed by atoms with Crippen LogP contribution in [0.25, 0.3) is 0 Å². The largest absolute Gasteiger partial charge is 0.388 e. The number of nitrogens with one attached hydrogen (secondary N) is 2. The molecule has 0 aliphatic carbocycles. The fourth-order valence-electron chi connectivity index (χ4n) is 3.02. The van der Waals surface area contributed by atoms with Crippen molar-refractivity contribution in [3.05, 3.63) is 54.1 Å². The Morgan fingerprint density at radius 3 is 2.70 bits per heavy atom. The lowest BCUT2D eigenvalue weighted by molar-refractivity contribution is 0.567. The fraction of sp³-hybridized carbons (Fsp3) is 0.235. The third-order valence-electron chi connectivity index (χ3n) is 4.19. The van der Waals surface area contributed by atoms with Gasteiger partial charge in [0.15, 0.2) is 5.66 Å². The zero-order chi connectivity index (χ0) is 15.9. The van der Waals surface area contributed by atoms with Gasteiger partial charge in [0, 0.05) is 24.0 Å². The number of aliphatic imine (C=N–C) groups is 1. The summed E-state index contributed by atoms with van der Waals surface area (Å²) in [6, 6.07) is 16.4. The van der Waals surface area contributed by atoms with Gasteiger partial charge < -0.3 is 10.6 Å². The molecule has 0 amide bonds. The summed E-state index contributed by atoms with van der Waals surface area (Å²) in [5.41, 5.74) is 3.68. The van der Waals surface area contributed by atoms with Gasteiger partial charge >= 0.3 is 0 Å². The Balaban J connectivity index is 1.83. The molecule has 2 aliphatic rings. The summed E-state index contributed by atoms with van der Waals surface area (Å²) in [6.45, 7) is 2.58. The minimum atomic E-state index is -0.585. The van der Waals surface area contributed by atoms with E-state index in [2.05, 4.69) is 46.0 Å². The van der Waals surface area contributed by atoms with Crippen LogP contribution >= 0.6 is 0 Å². The first-order chi connectivity index (χ1) is 11.2.